The molecule has 0 radical (unpaired) electrons. The molecule has 6 nitrogen and oxygen atoms in total. The van der Waals surface area contributed by atoms with E-state index in [0.717, 1.165) is 0 Å². The Balaban J connectivity index is 2.11. The van der Waals surface area contributed by atoms with Crippen molar-refractivity contribution in [2.24, 2.45) is 0 Å². The van der Waals surface area contributed by atoms with Crippen molar-refractivity contribution in [3.05, 3.63) is 58.1 Å². The monoisotopic (exact) mass is 412 g/mol. The zero-order valence-corrected chi connectivity index (χ0v) is 15.9. The molecule has 2 aromatic carbocycles. The number of amides is 2. The number of hydrogen-bond donors (Lipinski definition) is 1. The fourth-order valence-corrected chi connectivity index (χ4v) is 4.84. The van der Waals surface area contributed by atoms with E-state index in [1.807, 2.05) is 0 Å². The van der Waals surface area contributed by atoms with Crippen LogP contribution in [0.25, 0.3) is 0 Å². The van der Waals surface area contributed by atoms with Crippen molar-refractivity contribution < 1.29 is 18.0 Å². The van der Waals surface area contributed by atoms with Crippen molar-refractivity contribution >= 4 is 50.7 Å². The van der Waals surface area contributed by atoms with Gasteiger partial charge in [-0.05, 0) is 42.8 Å². The third-order valence-corrected chi connectivity index (χ3v) is 6.54. The number of likely N-dealkylation sites (N-methyl/N-ethyl adjacent to an activating group) is 1. The number of sulfonamides is 1. The van der Waals surface area contributed by atoms with Gasteiger partial charge in [0.15, 0.2) is 0 Å². The molecular formula is C17H14Cl2N2O4S. The molecule has 2 amide bonds. The maximum Gasteiger partial charge on any atom is 0.266 e. The first-order valence-corrected chi connectivity index (χ1v) is 9.88. The molecule has 0 bridgehead atoms. The van der Waals surface area contributed by atoms with Crippen LogP contribution in [0.3, 0.4) is 0 Å². The summed E-state index contributed by atoms with van der Waals surface area (Å²) >= 11 is 12.0. The highest BCUT2D eigenvalue weighted by molar-refractivity contribution is 7.89. The van der Waals surface area contributed by atoms with Gasteiger partial charge in [0.05, 0.1) is 15.6 Å². The van der Waals surface area contributed by atoms with Crippen LogP contribution in [0.5, 0.6) is 0 Å². The molecule has 1 atom stereocenters. The van der Waals surface area contributed by atoms with Crippen molar-refractivity contribution in [2.45, 2.75) is 17.7 Å². The number of para-hydroxylation sites is 1. The lowest BCUT2D eigenvalue weighted by Crippen LogP contribution is -2.47. The van der Waals surface area contributed by atoms with E-state index in [1.54, 1.807) is 24.3 Å². The third-order valence-electron chi connectivity index (χ3n) is 4.02. The summed E-state index contributed by atoms with van der Waals surface area (Å²) in [7, 11) is -4.03. The minimum atomic E-state index is -4.03. The lowest BCUT2D eigenvalue weighted by atomic mass is 9.96. The van der Waals surface area contributed by atoms with Crippen LogP contribution in [0.1, 0.15) is 18.4 Å². The first-order valence-electron chi connectivity index (χ1n) is 7.68. The summed E-state index contributed by atoms with van der Waals surface area (Å²) in [6.07, 6.45) is 0. The highest BCUT2D eigenvalue weighted by Gasteiger charge is 2.45. The van der Waals surface area contributed by atoms with Crippen LogP contribution in [0.15, 0.2) is 47.4 Å². The van der Waals surface area contributed by atoms with Crippen LogP contribution >= 0.6 is 23.2 Å². The lowest BCUT2D eigenvalue weighted by molar-refractivity contribution is -0.133. The Labute approximate surface area is 160 Å². The Bertz CT molecular complexity index is 1010. The average Bonchev–Trinajstić information content (AvgIpc) is 2.56. The number of halogens is 2. The number of nitrogens with zero attached hydrogens (tertiary/aromatic N) is 1. The Hall–Kier alpha value is -2.09. The maximum atomic E-state index is 12.8. The second-order valence-corrected chi connectivity index (χ2v) is 8.27. The van der Waals surface area contributed by atoms with Crippen LogP contribution in [-0.4, -0.2) is 31.1 Å². The molecule has 1 aliphatic rings. The third kappa shape index (κ3) is 3.06. The van der Waals surface area contributed by atoms with Crippen molar-refractivity contribution in [2.75, 3.05) is 11.9 Å². The van der Waals surface area contributed by atoms with Gasteiger partial charge >= 0.3 is 0 Å². The molecule has 1 heterocycles. The van der Waals surface area contributed by atoms with Crippen molar-refractivity contribution in [1.82, 2.24) is 4.31 Å². The first kappa shape index (κ1) is 18.7. The fourth-order valence-electron chi connectivity index (χ4n) is 2.84. The summed E-state index contributed by atoms with van der Waals surface area (Å²) in [5, 5.41) is 3.12. The largest absolute Gasteiger partial charge is 0.324 e. The highest BCUT2D eigenvalue weighted by Crippen LogP contribution is 2.37. The molecule has 2 aromatic rings. The second kappa shape index (κ2) is 6.90. The summed E-state index contributed by atoms with van der Waals surface area (Å²) in [6.45, 7) is 1.44. The molecule has 26 heavy (non-hydrogen) atoms. The number of nitrogens with one attached hydrogen (secondary N) is 1. The molecule has 0 aliphatic carbocycles. The van der Waals surface area contributed by atoms with Gasteiger partial charge < -0.3 is 5.32 Å². The number of carbonyl (C=O) groups excluding carboxylic acids is 2. The molecule has 9 heteroatoms. The zero-order valence-electron chi connectivity index (χ0n) is 13.6. The number of benzene rings is 2. The number of fused-ring (bicyclic) bond motifs is 1. The summed E-state index contributed by atoms with van der Waals surface area (Å²) in [6, 6.07) is 10.6. The molecule has 3 rings (SSSR count). The first-order chi connectivity index (χ1) is 12.3. The minimum Gasteiger partial charge on any atom is -0.324 e. The standard InChI is InChI=1S/C17H14Cl2N2O4S/c1-2-21-17(23)15(16(22)20-13-6-4-3-5-12(13)19)11-9-10(18)7-8-14(11)26(21,24)25/h3-9,15H,2H2,1H3,(H,20,22). The highest BCUT2D eigenvalue weighted by atomic mass is 35.5. The van der Waals surface area contributed by atoms with E-state index in [2.05, 4.69) is 5.32 Å². The summed E-state index contributed by atoms with van der Waals surface area (Å²) in [5.74, 6) is -2.85. The van der Waals surface area contributed by atoms with Crippen LogP contribution < -0.4 is 5.32 Å². The van der Waals surface area contributed by atoms with Gasteiger partial charge in [0, 0.05) is 11.6 Å². The zero-order chi connectivity index (χ0) is 19.1. The SMILES string of the molecule is CCN1C(=O)C(C(=O)Nc2ccccc2Cl)c2cc(Cl)ccc2S1(=O)=O. The van der Waals surface area contributed by atoms with E-state index in [-0.39, 0.29) is 22.0 Å². The van der Waals surface area contributed by atoms with Crippen LogP contribution in [-0.2, 0) is 19.6 Å². The Morgan fingerprint density at radius 3 is 2.54 bits per heavy atom. The van der Waals surface area contributed by atoms with E-state index < -0.39 is 27.8 Å². The lowest BCUT2D eigenvalue weighted by Gasteiger charge is -2.32. The van der Waals surface area contributed by atoms with Crippen molar-refractivity contribution in [3.8, 4) is 0 Å². The predicted molar refractivity (Wildman–Crippen MR) is 98.8 cm³/mol. The molecule has 1 unspecified atom stereocenters. The van der Waals surface area contributed by atoms with Gasteiger partial charge in [-0.2, -0.15) is 0 Å². The summed E-state index contributed by atoms with van der Waals surface area (Å²) in [5.41, 5.74) is 0.378. The summed E-state index contributed by atoms with van der Waals surface area (Å²) in [4.78, 5) is 25.5. The van der Waals surface area contributed by atoms with Crippen LogP contribution in [0.4, 0.5) is 5.69 Å². The molecule has 136 valence electrons. The molecule has 0 aromatic heterocycles. The van der Waals surface area contributed by atoms with E-state index >= 15 is 0 Å². The maximum absolute atomic E-state index is 12.8. The second-order valence-electron chi connectivity index (χ2n) is 5.59. The normalized spacial score (nSPS) is 18.3. The Morgan fingerprint density at radius 1 is 1.19 bits per heavy atom. The van der Waals surface area contributed by atoms with Gasteiger partial charge in [-0.25, -0.2) is 12.7 Å². The molecule has 0 saturated heterocycles. The number of carbonyl (C=O) groups is 2. The molecule has 1 N–H and O–H groups in total. The van der Waals surface area contributed by atoms with Crippen molar-refractivity contribution in [1.29, 1.82) is 0 Å². The number of hydrogen-bond acceptors (Lipinski definition) is 4. The van der Waals surface area contributed by atoms with Gasteiger partial charge in [0.1, 0.15) is 5.92 Å². The van der Waals surface area contributed by atoms with E-state index in [9.17, 15) is 18.0 Å². The molecule has 0 fully saturated rings. The Morgan fingerprint density at radius 2 is 1.88 bits per heavy atom. The molecule has 0 spiro atoms. The molecular weight excluding hydrogens is 399 g/mol. The Kier molecular flexibility index (Phi) is 4.96. The molecule has 1 aliphatic heterocycles. The van der Waals surface area contributed by atoms with E-state index in [4.69, 9.17) is 23.2 Å². The predicted octanol–water partition coefficient (Wildman–Crippen LogP) is 3.27. The van der Waals surface area contributed by atoms with Gasteiger partial charge in [0.25, 0.3) is 15.9 Å². The van der Waals surface area contributed by atoms with E-state index in [0.29, 0.717) is 15.0 Å². The van der Waals surface area contributed by atoms with Gasteiger partial charge in [0.2, 0.25) is 5.91 Å². The summed E-state index contributed by atoms with van der Waals surface area (Å²) < 4.78 is 26.0. The minimum absolute atomic E-state index is 0.0525. The number of anilines is 1. The quantitative estimate of drug-likeness (QED) is 0.783. The van der Waals surface area contributed by atoms with Crippen molar-refractivity contribution in [3.63, 3.8) is 0 Å². The van der Waals surface area contributed by atoms with Gasteiger partial charge in [-0.3, -0.25) is 9.59 Å². The van der Waals surface area contributed by atoms with Crippen LogP contribution in [0, 0.1) is 0 Å². The topological polar surface area (TPSA) is 83.6 Å². The number of rotatable bonds is 3. The van der Waals surface area contributed by atoms with Gasteiger partial charge in [-0.15, -0.1) is 0 Å². The smallest absolute Gasteiger partial charge is 0.266 e. The fraction of sp³-hybridized carbons (Fsp3) is 0.176. The average molecular weight is 413 g/mol. The van der Waals surface area contributed by atoms with Crippen LogP contribution in [0.2, 0.25) is 10.0 Å². The van der Waals surface area contributed by atoms with E-state index in [1.165, 1.54) is 25.1 Å². The van der Waals surface area contributed by atoms with Gasteiger partial charge in [-0.1, -0.05) is 35.3 Å². The molecule has 0 saturated carbocycles.